The van der Waals surface area contributed by atoms with Gasteiger partial charge in [-0.3, -0.25) is 19.3 Å². The molecule has 4 rings (SSSR count). The Morgan fingerprint density at radius 2 is 1.81 bits per heavy atom. The van der Waals surface area contributed by atoms with Gasteiger partial charge < -0.3 is 31.3 Å². The van der Waals surface area contributed by atoms with Gasteiger partial charge in [0.1, 0.15) is 22.8 Å². The monoisotopic (exact) mass is 444 g/mol. The summed E-state index contributed by atoms with van der Waals surface area (Å²) in [6.45, 7) is 1.66. The molecule has 7 N–H and O–H groups in total. The van der Waals surface area contributed by atoms with Crippen LogP contribution in [0.2, 0.25) is 0 Å². The minimum Gasteiger partial charge on any atom is -0.510 e. The van der Waals surface area contributed by atoms with Crippen LogP contribution in [-0.4, -0.2) is 73.6 Å². The lowest BCUT2D eigenvalue weighted by Crippen LogP contribution is -2.64. The zero-order chi connectivity index (χ0) is 23.9. The van der Waals surface area contributed by atoms with E-state index in [0.717, 1.165) is 0 Å². The van der Waals surface area contributed by atoms with Gasteiger partial charge in [0.15, 0.2) is 11.4 Å². The summed E-state index contributed by atoms with van der Waals surface area (Å²) < 4.78 is 0. The van der Waals surface area contributed by atoms with E-state index in [9.17, 15) is 39.9 Å². The first-order valence-corrected chi connectivity index (χ1v) is 10.0. The Morgan fingerprint density at radius 3 is 2.38 bits per heavy atom. The molecule has 10 nitrogen and oxygen atoms in total. The van der Waals surface area contributed by atoms with Gasteiger partial charge in [-0.25, -0.2) is 0 Å². The maximum Gasteiger partial charge on any atom is 0.255 e. The topological polar surface area (TPSA) is 182 Å². The Labute approximate surface area is 182 Å². The molecule has 3 aliphatic carbocycles. The smallest absolute Gasteiger partial charge is 0.255 e. The molecule has 0 saturated heterocycles. The lowest BCUT2D eigenvalue weighted by Gasteiger charge is -2.50. The number of aryl methyl sites for hydroxylation is 1. The summed E-state index contributed by atoms with van der Waals surface area (Å²) in [7, 11) is 3.07. The van der Waals surface area contributed by atoms with Crippen molar-refractivity contribution < 1.29 is 39.9 Å². The van der Waals surface area contributed by atoms with Crippen molar-refractivity contribution in [3.8, 4) is 5.75 Å². The number of primary amides is 1. The first kappa shape index (κ1) is 22.0. The number of aliphatic hydroxyl groups is 4. The van der Waals surface area contributed by atoms with Crippen LogP contribution in [0.25, 0.3) is 0 Å². The highest BCUT2D eigenvalue weighted by atomic mass is 16.3. The Kier molecular flexibility index (Phi) is 4.74. The zero-order valence-corrected chi connectivity index (χ0v) is 17.7. The molecule has 0 aliphatic heterocycles. The first-order valence-electron chi connectivity index (χ1n) is 10.0. The van der Waals surface area contributed by atoms with Crippen LogP contribution in [0.1, 0.15) is 34.0 Å². The number of likely N-dealkylation sites (N-methyl/N-ethyl adjacent to an activating group) is 1. The fourth-order valence-electron chi connectivity index (χ4n) is 5.47. The van der Waals surface area contributed by atoms with Gasteiger partial charge in [0.05, 0.1) is 17.7 Å². The van der Waals surface area contributed by atoms with Crippen molar-refractivity contribution in [3.05, 3.63) is 51.5 Å². The predicted molar refractivity (Wildman–Crippen MR) is 110 cm³/mol. The Morgan fingerprint density at radius 1 is 1.19 bits per heavy atom. The number of carbonyl (C=O) groups is 3. The predicted octanol–water partition coefficient (Wildman–Crippen LogP) is -0.0801. The molecule has 10 heteroatoms. The van der Waals surface area contributed by atoms with Gasteiger partial charge in [0, 0.05) is 17.4 Å². The molecule has 0 bridgehead atoms. The molecule has 5 atom stereocenters. The van der Waals surface area contributed by atoms with E-state index in [1.54, 1.807) is 13.0 Å². The fraction of sp³-hybridized carbons (Fsp3) is 0.409. The van der Waals surface area contributed by atoms with Crippen molar-refractivity contribution in [3.63, 3.8) is 0 Å². The molecule has 0 saturated carbocycles. The molecule has 1 amide bonds. The van der Waals surface area contributed by atoms with E-state index in [-0.39, 0.29) is 17.5 Å². The van der Waals surface area contributed by atoms with Crippen LogP contribution in [0.15, 0.2) is 34.8 Å². The van der Waals surface area contributed by atoms with Gasteiger partial charge >= 0.3 is 0 Å². The van der Waals surface area contributed by atoms with Crippen LogP contribution >= 0.6 is 0 Å². The highest BCUT2D eigenvalue weighted by molar-refractivity contribution is 6.24. The molecule has 1 aromatic carbocycles. The number of benzene rings is 1. The third-order valence-corrected chi connectivity index (χ3v) is 6.91. The van der Waals surface area contributed by atoms with Gasteiger partial charge in [-0.2, -0.15) is 0 Å². The Bertz CT molecular complexity index is 1150. The lowest BCUT2D eigenvalue weighted by atomic mass is 9.58. The zero-order valence-electron chi connectivity index (χ0n) is 17.7. The van der Waals surface area contributed by atoms with Crippen LogP contribution in [0.3, 0.4) is 0 Å². The second kappa shape index (κ2) is 6.89. The number of nitrogens with two attached hydrogens (primary N) is 1. The number of rotatable bonds is 2. The molecular weight excluding hydrogens is 420 g/mol. The van der Waals surface area contributed by atoms with Gasteiger partial charge in [-0.15, -0.1) is 0 Å². The van der Waals surface area contributed by atoms with E-state index in [2.05, 4.69) is 0 Å². The first-order chi connectivity index (χ1) is 14.8. The van der Waals surface area contributed by atoms with Crippen LogP contribution in [-0.2, 0) is 9.59 Å². The van der Waals surface area contributed by atoms with Crippen molar-refractivity contribution in [2.24, 2.45) is 17.6 Å². The number of aromatic hydroxyl groups is 1. The maximum absolute atomic E-state index is 13.3. The molecule has 3 aliphatic rings. The van der Waals surface area contributed by atoms with E-state index < -0.39 is 75.5 Å². The molecule has 0 spiro atoms. The average molecular weight is 444 g/mol. The molecule has 5 unspecified atom stereocenters. The third kappa shape index (κ3) is 2.54. The Hall–Kier alpha value is -3.21. The van der Waals surface area contributed by atoms with Crippen LogP contribution in [0, 0.1) is 18.8 Å². The van der Waals surface area contributed by atoms with E-state index in [1.807, 2.05) is 0 Å². The number of hydrogen-bond donors (Lipinski definition) is 6. The highest BCUT2D eigenvalue weighted by Crippen LogP contribution is 2.55. The van der Waals surface area contributed by atoms with Crippen LogP contribution in [0.4, 0.5) is 0 Å². The van der Waals surface area contributed by atoms with Crippen molar-refractivity contribution in [1.82, 2.24) is 4.90 Å². The number of fused-ring (bicyclic) bond motifs is 3. The Balaban J connectivity index is 2.02. The third-order valence-electron chi connectivity index (χ3n) is 6.91. The summed E-state index contributed by atoms with van der Waals surface area (Å²) >= 11 is 0. The second-order valence-electron chi connectivity index (χ2n) is 8.80. The highest BCUT2D eigenvalue weighted by Gasteiger charge is 2.64. The number of hydrogen-bond acceptors (Lipinski definition) is 9. The maximum atomic E-state index is 13.3. The van der Waals surface area contributed by atoms with Crippen molar-refractivity contribution in [2.45, 2.75) is 31.1 Å². The number of Topliss-reactive ketones (excluding diaryl/α,β-unsaturated/α-hetero) is 2. The average Bonchev–Trinajstić information content (AvgIpc) is 2.69. The molecule has 0 aromatic heterocycles. The minimum absolute atomic E-state index is 0.179. The van der Waals surface area contributed by atoms with Crippen LogP contribution in [0.5, 0.6) is 5.75 Å². The van der Waals surface area contributed by atoms with Gasteiger partial charge in [-0.05, 0) is 44.6 Å². The van der Waals surface area contributed by atoms with E-state index in [0.29, 0.717) is 5.56 Å². The molecule has 0 fully saturated rings. The summed E-state index contributed by atoms with van der Waals surface area (Å²) in [6, 6.07) is 1.70. The molecule has 0 radical (unpaired) electrons. The normalized spacial score (nSPS) is 32.1. The summed E-state index contributed by atoms with van der Waals surface area (Å²) in [5.74, 6) is -7.77. The van der Waals surface area contributed by atoms with E-state index >= 15 is 0 Å². The van der Waals surface area contributed by atoms with E-state index in [1.165, 1.54) is 25.1 Å². The minimum atomic E-state index is -2.73. The van der Waals surface area contributed by atoms with E-state index in [4.69, 9.17) is 5.73 Å². The van der Waals surface area contributed by atoms with Crippen molar-refractivity contribution >= 4 is 17.5 Å². The number of ketones is 2. The summed E-state index contributed by atoms with van der Waals surface area (Å²) in [5.41, 5.74) is 1.77. The molecular formula is C22H24N2O8. The fourth-order valence-corrected chi connectivity index (χ4v) is 5.47. The summed E-state index contributed by atoms with van der Waals surface area (Å²) in [4.78, 5) is 39.8. The van der Waals surface area contributed by atoms with Crippen molar-refractivity contribution in [1.29, 1.82) is 0 Å². The molecule has 0 heterocycles. The SMILES string of the molecule is Cc1ccc(O)c2c1C(O)C1CC3C(N(C)C)C(O)=C(C(N)=O)C(=O)C3(O)C(O)=C1C2=O. The summed E-state index contributed by atoms with van der Waals surface area (Å²) in [5, 5.41) is 54.7. The number of carbonyl (C=O) groups excluding carboxylic acids is 3. The quantitative estimate of drug-likeness (QED) is 0.340. The number of amides is 1. The number of aliphatic hydroxyl groups excluding tert-OH is 3. The van der Waals surface area contributed by atoms with Gasteiger partial charge in [-0.1, -0.05) is 6.07 Å². The lowest BCUT2D eigenvalue weighted by molar-refractivity contribution is -0.149. The largest absolute Gasteiger partial charge is 0.510 e. The van der Waals surface area contributed by atoms with Gasteiger partial charge in [0.2, 0.25) is 5.78 Å². The van der Waals surface area contributed by atoms with Crippen molar-refractivity contribution in [2.75, 3.05) is 14.1 Å². The molecule has 1 aromatic rings. The van der Waals surface area contributed by atoms with Gasteiger partial charge in [0.25, 0.3) is 5.91 Å². The van der Waals surface area contributed by atoms with Crippen LogP contribution < -0.4 is 5.73 Å². The molecule has 170 valence electrons. The number of nitrogens with zero attached hydrogens (tertiary/aromatic N) is 1. The molecule has 32 heavy (non-hydrogen) atoms. The number of phenolic OH excluding ortho intramolecular Hbond substituents is 1. The summed E-state index contributed by atoms with van der Waals surface area (Å²) in [6.07, 6.45) is -1.51. The number of phenols is 1. The second-order valence-corrected chi connectivity index (χ2v) is 8.80. The standard InChI is InChI=1S/C22H24N2O8/c1-7-4-5-10(25)13-11(7)16(26)8-6-9-15(24(2)3)18(28)14(21(23)31)20(30)22(9,32)19(29)12(8)17(13)27/h4-5,8-9,15-16,25-26,28-29,32H,6H2,1-3H3,(H2,23,31).